The summed E-state index contributed by atoms with van der Waals surface area (Å²) in [7, 11) is 2.08. The molecule has 1 fully saturated rings. The topological polar surface area (TPSA) is 98.0 Å². The quantitative estimate of drug-likeness (QED) is 0.312. The number of amides is 1. The van der Waals surface area contributed by atoms with Crippen molar-refractivity contribution in [3.8, 4) is 11.8 Å². The molecule has 226 valence electrons. The first-order valence-electron chi connectivity index (χ1n) is 13.6. The van der Waals surface area contributed by atoms with E-state index in [4.69, 9.17) is 21.1 Å². The van der Waals surface area contributed by atoms with Crippen LogP contribution in [0.15, 0.2) is 29.6 Å². The number of fused-ring (bicyclic) bond motifs is 4. The summed E-state index contributed by atoms with van der Waals surface area (Å²) < 4.78 is 55.1. The van der Waals surface area contributed by atoms with E-state index in [-0.39, 0.29) is 51.7 Å². The van der Waals surface area contributed by atoms with Gasteiger partial charge in [0.15, 0.2) is 5.65 Å². The van der Waals surface area contributed by atoms with E-state index in [9.17, 15) is 18.0 Å². The van der Waals surface area contributed by atoms with Crippen LogP contribution < -0.4 is 10.6 Å². The Hall–Kier alpha value is -2.96. The maximum atomic E-state index is 13.6. The number of piperidine rings is 1. The van der Waals surface area contributed by atoms with Gasteiger partial charge in [-0.3, -0.25) is 13.9 Å². The Balaban J connectivity index is 1.46. The number of anilines is 1. The van der Waals surface area contributed by atoms with E-state index in [2.05, 4.69) is 44.5 Å². The van der Waals surface area contributed by atoms with Gasteiger partial charge in [-0.05, 0) is 50.4 Å². The van der Waals surface area contributed by atoms with E-state index in [0.29, 0.717) is 44.3 Å². The van der Waals surface area contributed by atoms with Crippen molar-refractivity contribution in [1.82, 2.24) is 29.4 Å². The molecule has 3 aromatic rings. The number of aromatic nitrogens is 4. The van der Waals surface area contributed by atoms with Gasteiger partial charge >= 0.3 is 5.51 Å². The third-order valence-electron chi connectivity index (χ3n) is 7.11. The number of nitrogens with one attached hydrogen (secondary N) is 2. The second-order valence-electron chi connectivity index (χ2n) is 10.1. The molecule has 2 aliphatic rings. The van der Waals surface area contributed by atoms with Crippen molar-refractivity contribution in [3.63, 3.8) is 0 Å². The van der Waals surface area contributed by atoms with Crippen LogP contribution in [0.1, 0.15) is 28.9 Å². The molecule has 42 heavy (non-hydrogen) atoms. The van der Waals surface area contributed by atoms with Crippen molar-refractivity contribution in [2.24, 2.45) is 5.92 Å². The van der Waals surface area contributed by atoms with Gasteiger partial charge in [0.25, 0.3) is 5.91 Å². The van der Waals surface area contributed by atoms with Crippen LogP contribution in [0.2, 0.25) is 5.15 Å². The van der Waals surface area contributed by atoms with Crippen molar-refractivity contribution < 1.29 is 27.4 Å². The number of ether oxygens (including phenoxy) is 2. The summed E-state index contributed by atoms with van der Waals surface area (Å²) in [6.45, 7) is 3.68. The molecule has 2 aliphatic heterocycles. The monoisotopic (exact) mass is 625 g/mol. The van der Waals surface area contributed by atoms with Gasteiger partial charge in [-0.1, -0.05) is 17.5 Å². The van der Waals surface area contributed by atoms with E-state index >= 15 is 0 Å². The van der Waals surface area contributed by atoms with Gasteiger partial charge in [0.2, 0.25) is 0 Å². The standard InChI is InChI=1S/C27H31ClF3N7O3S/c1-36-10-6-20-18(17-36)7-12-40-14-15-41-13-11-38-23(28)19(16-33-38)25(39)32-8-2-4-22-26(42-27(29,30)31)37-9-3-5-21(34-20)24(37)35-22/h3,5,9,16,18,20,34H,6-8,10-15,17H2,1H3,(H,32,39)/t18-,20+/m0/s1. The molecular formula is C27H31ClF3N7O3S. The number of hydrogen-bond donors (Lipinski definition) is 2. The first-order chi connectivity index (χ1) is 20.2. The number of halogens is 4. The SMILES string of the molecule is CN1CC[C@H]2Nc3cccn4c(SC(F)(F)F)c(nc34)C#CCNC(=O)c3cnn(c3Cl)CCOCCOCC[C@H]2C1. The molecule has 0 saturated carbocycles. The van der Waals surface area contributed by atoms with E-state index in [0.717, 1.165) is 25.9 Å². The third-order valence-corrected chi connectivity index (χ3v) is 8.33. The summed E-state index contributed by atoms with van der Waals surface area (Å²) in [6, 6.07) is 3.59. The van der Waals surface area contributed by atoms with Crippen molar-refractivity contribution in [3.05, 3.63) is 40.9 Å². The number of imidazole rings is 1. The minimum absolute atomic E-state index is 0.0293. The minimum Gasteiger partial charge on any atom is -0.379 e. The van der Waals surface area contributed by atoms with Gasteiger partial charge in [0.1, 0.15) is 15.9 Å². The molecule has 10 nitrogen and oxygen atoms in total. The third kappa shape index (κ3) is 7.51. The van der Waals surface area contributed by atoms with Gasteiger partial charge in [-0.2, -0.15) is 18.3 Å². The lowest BCUT2D eigenvalue weighted by Gasteiger charge is -2.37. The van der Waals surface area contributed by atoms with Gasteiger partial charge in [-0.15, -0.1) is 0 Å². The van der Waals surface area contributed by atoms with Crippen molar-refractivity contribution in [2.75, 3.05) is 58.4 Å². The molecular weight excluding hydrogens is 595 g/mol. The van der Waals surface area contributed by atoms with E-state index in [1.54, 1.807) is 12.3 Å². The molecule has 3 aromatic heterocycles. The highest BCUT2D eigenvalue weighted by Crippen LogP contribution is 2.39. The molecule has 2 atom stereocenters. The smallest absolute Gasteiger partial charge is 0.379 e. The molecule has 5 heterocycles. The Morgan fingerprint density at radius 3 is 2.79 bits per heavy atom. The van der Waals surface area contributed by atoms with Crippen molar-refractivity contribution >= 4 is 40.6 Å². The van der Waals surface area contributed by atoms with Crippen LogP contribution in [-0.4, -0.2) is 94.6 Å². The van der Waals surface area contributed by atoms with Crippen molar-refractivity contribution in [1.29, 1.82) is 0 Å². The lowest BCUT2D eigenvalue weighted by atomic mass is 9.89. The van der Waals surface area contributed by atoms with Crippen LogP contribution in [0.3, 0.4) is 0 Å². The highest BCUT2D eigenvalue weighted by molar-refractivity contribution is 8.00. The summed E-state index contributed by atoms with van der Waals surface area (Å²) in [6.07, 6.45) is 4.55. The Morgan fingerprint density at radius 1 is 1.17 bits per heavy atom. The fraction of sp³-hybridized carbons (Fsp3) is 0.519. The summed E-state index contributed by atoms with van der Waals surface area (Å²) in [5.74, 6) is 5.19. The molecule has 0 unspecified atom stereocenters. The number of carbonyl (C=O) groups excluding carboxylic acids is 1. The van der Waals surface area contributed by atoms with Crippen molar-refractivity contribution in [2.45, 2.75) is 36.0 Å². The lowest BCUT2D eigenvalue weighted by Crippen LogP contribution is -2.45. The zero-order chi connectivity index (χ0) is 29.7. The predicted octanol–water partition coefficient (Wildman–Crippen LogP) is 3.75. The average Bonchev–Trinajstić information content (AvgIpc) is 3.48. The Labute approximate surface area is 250 Å². The second-order valence-corrected chi connectivity index (χ2v) is 11.5. The summed E-state index contributed by atoms with van der Waals surface area (Å²) in [4.78, 5) is 19.4. The Bertz CT molecular complexity index is 1470. The van der Waals surface area contributed by atoms with Crippen LogP contribution in [0, 0.1) is 17.8 Å². The van der Waals surface area contributed by atoms with Gasteiger partial charge in [-0.25, -0.2) is 4.98 Å². The van der Waals surface area contributed by atoms with E-state index in [1.165, 1.54) is 15.3 Å². The molecule has 1 amide bonds. The van der Waals surface area contributed by atoms with Gasteiger partial charge in [0, 0.05) is 37.2 Å². The fourth-order valence-electron chi connectivity index (χ4n) is 5.08. The molecule has 5 rings (SSSR count). The first-order valence-corrected chi connectivity index (χ1v) is 14.7. The average molecular weight is 626 g/mol. The van der Waals surface area contributed by atoms with Gasteiger partial charge in [0.05, 0.1) is 50.4 Å². The van der Waals surface area contributed by atoms with Gasteiger partial charge < -0.3 is 25.0 Å². The van der Waals surface area contributed by atoms with Crippen LogP contribution >= 0.6 is 23.4 Å². The van der Waals surface area contributed by atoms with Crippen LogP contribution in [0.4, 0.5) is 18.9 Å². The molecule has 0 aliphatic carbocycles. The molecule has 4 bridgehead atoms. The molecule has 0 radical (unpaired) electrons. The maximum Gasteiger partial charge on any atom is 0.447 e. The number of nitrogens with zero attached hydrogens (tertiary/aromatic N) is 5. The normalized spacial score (nSPS) is 21.7. The number of hydrogen-bond acceptors (Lipinski definition) is 8. The maximum absolute atomic E-state index is 13.6. The highest BCUT2D eigenvalue weighted by Gasteiger charge is 2.34. The Kier molecular flexibility index (Phi) is 9.85. The molecule has 15 heteroatoms. The fourth-order valence-corrected chi connectivity index (χ4v) is 6.00. The van der Waals surface area contributed by atoms with Crippen LogP contribution in [0.5, 0.6) is 0 Å². The van der Waals surface area contributed by atoms with Crippen LogP contribution in [0.25, 0.3) is 5.65 Å². The minimum atomic E-state index is -4.55. The number of thioether (sulfide) groups is 1. The largest absolute Gasteiger partial charge is 0.447 e. The highest BCUT2D eigenvalue weighted by atomic mass is 35.5. The predicted molar refractivity (Wildman–Crippen MR) is 153 cm³/mol. The summed E-state index contributed by atoms with van der Waals surface area (Å²) in [5.41, 5.74) is -3.45. The van der Waals surface area contributed by atoms with E-state index < -0.39 is 11.4 Å². The number of likely N-dealkylation sites (tertiary alicyclic amines) is 1. The molecule has 1 saturated heterocycles. The number of carbonyl (C=O) groups is 1. The van der Waals surface area contributed by atoms with Crippen LogP contribution in [-0.2, 0) is 16.0 Å². The number of pyridine rings is 1. The zero-order valence-corrected chi connectivity index (χ0v) is 24.5. The zero-order valence-electron chi connectivity index (χ0n) is 22.9. The number of alkyl halides is 3. The molecule has 0 aromatic carbocycles. The molecule has 0 spiro atoms. The number of rotatable bonds is 1. The van der Waals surface area contributed by atoms with E-state index in [1.807, 2.05) is 6.07 Å². The lowest BCUT2D eigenvalue weighted by molar-refractivity contribution is -0.0330. The first kappa shape index (κ1) is 30.5. The summed E-state index contributed by atoms with van der Waals surface area (Å²) in [5, 5.41) is 10.3. The molecule has 2 N–H and O–H groups in total. The Morgan fingerprint density at radius 2 is 1.98 bits per heavy atom. The summed E-state index contributed by atoms with van der Waals surface area (Å²) >= 11 is 6.06. The second kappa shape index (κ2) is 13.6.